The van der Waals surface area contributed by atoms with Crippen molar-refractivity contribution in [3.63, 3.8) is 0 Å². The number of hydrogen-bond acceptors (Lipinski definition) is 5. The lowest BCUT2D eigenvalue weighted by Gasteiger charge is -2.39. The number of carbonyl (C=O) groups is 1. The van der Waals surface area contributed by atoms with Crippen LogP contribution < -0.4 is 15.5 Å². The molecule has 156 valence electrons. The quantitative estimate of drug-likeness (QED) is 0.643. The molecule has 3 atom stereocenters. The van der Waals surface area contributed by atoms with Crippen LogP contribution in [0.3, 0.4) is 0 Å². The fourth-order valence-corrected chi connectivity index (χ4v) is 3.48. The Labute approximate surface area is 180 Å². The number of rotatable bonds is 5. The third-order valence-electron chi connectivity index (χ3n) is 5.05. The summed E-state index contributed by atoms with van der Waals surface area (Å²) in [6.45, 7) is 7.36. The lowest BCUT2D eigenvalue weighted by atomic mass is 10.1. The van der Waals surface area contributed by atoms with E-state index < -0.39 is 6.10 Å². The van der Waals surface area contributed by atoms with E-state index in [-0.39, 0.29) is 49.2 Å². The fourth-order valence-electron chi connectivity index (χ4n) is 3.48. The van der Waals surface area contributed by atoms with Crippen LogP contribution in [0.1, 0.15) is 13.3 Å². The Hall–Kier alpha value is -0.760. The zero-order chi connectivity index (χ0) is 16.9. The van der Waals surface area contributed by atoms with Crippen LogP contribution in [0.5, 0.6) is 0 Å². The molecule has 2 aliphatic heterocycles. The molecule has 2 fully saturated rings. The number of hydrogen-bond donors (Lipinski definition) is 3. The number of β-amino-alcohol motifs (C(OH)–C–C–N with tert-alkyl or cyclic N) is 1. The number of halogens is 3. The van der Waals surface area contributed by atoms with Crippen LogP contribution in [-0.4, -0.2) is 73.4 Å². The van der Waals surface area contributed by atoms with Gasteiger partial charge in [0.15, 0.2) is 0 Å². The van der Waals surface area contributed by atoms with Gasteiger partial charge in [-0.15, -0.1) is 37.2 Å². The van der Waals surface area contributed by atoms with Crippen LogP contribution in [0.25, 0.3) is 0 Å². The number of para-hydroxylation sites is 1. The number of piperazine rings is 1. The van der Waals surface area contributed by atoms with E-state index >= 15 is 0 Å². The largest absolute Gasteiger partial charge is 0.392 e. The van der Waals surface area contributed by atoms with Crippen LogP contribution in [0.4, 0.5) is 5.69 Å². The van der Waals surface area contributed by atoms with Gasteiger partial charge in [0.1, 0.15) is 0 Å². The first kappa shape index (κ1) is 26.2. The van der Waals surface area contributed by atoms with E-state index in [1.54, 1.807) is 0 Å². The number of benzene rings is 1. The van der Waals surface area contributed by atoms with Gasteiger partial charge in [-0.1, -0.05) is 18.2 Å². The molecule has 6 nitrogen and oxygen atoms in total. The van der Waals surface area contributed by atoms with Crippen molar-refractivity contribution in [2.45, 2.75) is 31.5 Å². The highest BCUT2D eigenvalue weighted by Crippen LogP contribution is 2.16. The standard InChI is InChI=1S/C18H28N4O2.3ClH/c1-14(12-20-18(24)17-11-16(23)13-19-17)21-7-9-22(10-8-21)15-5-3-2-4-6-15;;;/h2-6,14,16-17,19,23H,7-13H2,1H3,(H,20,24);3*1H. The molecule has 1 aromatic rings. The molecule has 0 aromatic heterocycles. The number of aliphatic hydroxyl groups is 1. The minimum Gasteiger partial charge on any atom is -0.392 e. The summed E-state index contributed by atoms with van der Waals surface area (Å²) < 4.78 is 0. The van der Waals surface area contributed by atoms with E-state index in [1.807, 2.05) is 6.07 Å². The van der Waals surface area contributed by atoms with Gasteiger partial charge in [0.05, 0.1) is 12.1 Å². The zero-order valence-corrected chi connectivity index (χ0v) is 18.0. The van der Waals surface area contributed by atoms with E-state index in [9.17, 15) is 9.90 Å². The fraction of sp³-hybridized carbons (Fsp3) is 0.611. The molecular formula is C18H31Cl3N4O2. The molecule has 0 bridgehead atoms. The van der Waals surface area contributed by atoms with Crippen molar-refractivity contribution in [1.82, 2.24) is 15.5 Å². The molecule has 0 saturated carbocycles. The van der Waals surface area contributed by atoms with Gasteiger partial charge >= 0.3 is 0 Å². The van der Waals surface area contributed by atoms with Crippen molar-refractivity contribution in [2.75, 3.05) is 44.2 Å². The second-order valence-corrected chi connectivity index (χ2v) is 6.80. The van der Waals surface area contributed by atoms with Gasteiger partial charge in [-0.3, -0.25) is 9.69 Å². The van der Waals surface area contributed by atoms with Gasteiger partial charge < -0.3 is 20.6 Å². The summed E-state index contributed by atoms with van der Waals surface area (Å²) in [6.07, 6.45) is 0.111. The third-order valence-corrected chi connectivity index (χ3v) is 5.05. The highest BCUT2D eigenvalue weighted by atomic mass is 35.5. The maximum absolute atomic E-state index is 12.1. The minimum absolute atomic E-state index is 0. The van der Waals surface area contributed by atoms with E-state index in [0.29, 0.717) is 25.6 Å². The lowest BCUT2D eigenvalue weighted by molar-refractivity contribution is -0.123. The molecule has 1 aromatic carbocycles. The molecule has 1 amide bonds. The minimum atomic E-state index is -0.399. The van der Waals surface area contributed by atoms with E-state index in [1.165, 1.54) is 5.69 Å². The Morgan fingerprint density at radius 2 is 1.81 bits per heavy atom. The normalized spacial score (nSPS) is 23.4. The molecule has 2 saturated heterocycles. The summed E-state index contributed by atoms with van der Waals surface area (Å²) in [5, 5.41) is 15.6. The van der Waals surface area contributed by atoms with Crippen molar-refractivity contribution in [2.24, 2.45) is 0 Å². The summed E-state index contributed by atoms with van der Waals surface area (Å²) in [4.78, 5) is 16.9. The summed E-state index contributed by atoms with van der Waals surface area (Å²) in [5.41, 5.74) is 1.28. The number of carbonyl (C=O) groups excluding carboxylic acids is 1. The summed E-state index contributed by atoms with van der Waals surface area (Å²) in [6, 6.07) is 10.6. The van der Waals surface area contributed by atoms with Crippen LogP contribution in [0.2, 0.25) is 0 Å². The first-order chi connectivity index (χ1) is 11.6. The van der Waals surface area contributed by atoms with E-state index in [4.69, 9.17) is 0 Å². The van der Waals surface area contributed by atoms with Crippen LogP contribution >= 0.6 is 37.2 Å². The molecule has 9 heteroatoms. The number of amides is 1. The van der Waals surface area contributed by atoms with Crippen molar-refractivity contribution in [1.29, 1.82) is 0 Å². The van der Waals surface area contributed by atoms with Gasteiger partial charge in [0.2, 0.25) is 5.91 Å². The molecule has 3 N–H and O–H groups in total. The summed E-state index contributed by atoms with van der Waals surface area (Å²) in [7, 11) is 0. The first-order valence-electron chi connectivity index (χ1n) is 8.86. The Bertz CT molecular complexity index is 545. The van der Waals surface area contributed by atoms with Crippen molar-refractivity contribution >= 4 is 48.8 Å². The van der Waals surface area contributed by atoms with Crippen LogP contribution in [-0.2, 0) is 4.79 Å². The number of nitrogens with one attached hydrogen (secondary N) is 2. The second-order valence-electron chi connectivity index (χ2n) is 6.80. The lowest BCUT2D eigenvalue weighted by Crippen LogP contribution is -2.53. The topological polar surface area (TPSA) is 67.8 Å². The predicted octanol–water partition coefficient (Wildman–Crippen LogP) is 1.30. The predicted molar refractivity (Wildman–Crippen MR) is 117 cm³/mol. The molecule has 2 aliphatic rings. The summed E-state index contributed by atoms with van der Waals surface area (Å²) >= 11 is 0. The van der Waals surface area contributed by atoms with E-state index in [2.05, 4.69) is 51.6 Å². The number of aliphatic hydroxyl groups excluding tert-OH is 1. The van der Waals surface area contributed by atoms with Gasteiger partial charge in [0, 0.05) is 51.0 Å². The Kier molecular flexibility index (Phi) is 12.3. The molecule has 0 aliphatic carbocycles. The molecule has 3 unspecified atom stereocenters. The zero-order valence-electron chi connectivity index (χ0n) is 15.5. The van der Waals surface area contributed by atoms with Crippen LogP contribution in [0.15, 0.2) is 30.3 Å². The molecule has 27 heavy (non-hydrogen) atoms. The number of anilines is 1. The van der Waals surface area contributed by atoms with Crippen molar-refractivity contribution in [3.8, 4) is 0 Å². The second kappa shape index (κ2) is 12.6. The van der Waals surface area contributed by atoms with Gasteiger partial charge in [0.25, 0.3) is 0 Å². The van der Waals surface area contributed by atoms with Gasteiger partial charge in [-0.05, 0) is 25.5 Å². The van der Waals surface area contributed by atoms with Gasteiger partial charge in [-0.2, -0.15) is 0 Å². The monoisotopic (exact) mass is 440 g/mol. The molecule has 0 radical (unpaired) electrons. The van der Waals surface area contributed by atoms with Crippen molar-refractivity contribution < 1.29 is 9.90 Å². The third kappa shape index (κ3) is 7.29. The van der Waals surface area contributed by atoms with Crippen molar-refractivity contribution in [3.05, 3.63) is 30.3 Å². The Morgan fingerprint density at radius 3 is 2.37 bits per heavy atom. The SMILES string of the molecule is CC(CNC(=O)C1CC(O)CN1)N1CCN(c2ccccc2)CC1.Cl.Cl.Cl. The summed E-state index contributed by atoms with van der Waals surface area (Å²) in [5.74, 6) is 0.00122. The molecule has 2 heterocycles. The average Bonchev–Trinajstić information content (AvgIpc) is 3.07. The average molecular weight is 442 g/mol. The molecule has 3 rings (SSSR count). The van der Waals surface area contributed by atoms with Crippen LogP contribution in [0, 0.1) is 0 Å². The van der Waals surface area contributed by atoms with E-state index in [0.717, 1.165) is 26.2 Å². The smallest absolute Gasteiger partial charge is 0.237 e. The van der Waals surface area contributed by atoms with Gasteiger partial charge in [-0.25, -0.2) is 0 Å². The molecular weight excluding hydrogens is 411 g/mol. The number of nitrogens with zero attached hydrogens (tertiary/aromatic N) is 2. The Balaban J connectivity index is 0.00000225. The maximum Gasteiger partial charge on any atom is 0.237 e. The highest BCUT2D eigenvalue weighted by Gasteiger charge is 2.28. The Morgan fingerprint density at radius 1 is 1.19 bits per heavy atom. The first-order valence-corrected chi connectivity index (χ1v) is 8.86. The maximum atomic E-state index is 12.1. The highest BCUT2D eigenvalue weighted by molar-refractivity contribution is 5.86. The molecule has 0 spiro atoms.